The van der Waals surface area contributed by atoms with Crippen LogP contribution in [0.1, 0.15) is 13.8 Å². The fourth-order valence-electron chi connectivity index (χ4n) is 0.798. The van der Waals surface area contributed by atoms with Gasteiger partial charge in [-0.25, -0.2) is 0 Å². The van der Waals surface area contributed by atoms with Crippen LogP contribution in [0.3, 0.4) is 0 Å². The van der Waals surface area contributed by atoms with Crippen molar-refractivity contribution in [3.8, 4) is 0 Å². The van der Waals surface area contributed by atoms with E-state index in [9.17, 15) is 0 Å². The highest BCUT2D eigenvalue weighted by Crippen LogP contribution is 1.90. The SMILES string of the molecule is C=CCn1ccs/c1=N\N=C(C)C. The van der Waals surface area contributed by atoms with Crippen molar-refractivity contribution in [2.75, 3.05) is 0 Å². The Labute approximate surface area is 81.8 Å². The highest BCUT2D eigenvalue weighted by Gasteiger charge is 1.90. The zero-order valence-electron chi connectivity index (χ0n) is 7.90. The maximum atomic E-state index is 4.11. The summed E-state index contributed by atoms with van der Waals surface area (Å²) in [6.45, 7) is 8.31. The smallest absolute Gasteiger partial charge is 0.210 e. The molecule has 0 radical (unpaired) electrons. The van der Waals surface area contributed by atoms with Crippen LogP contribution in [0.4, 0.5) is 0 Å². The lowest BCUT2D eigenvalue weighted by Crippen LogP contribution is -2.12. The Kier molecular flexibility index (Phi) is 3.64. The van der Waals surface area contributed by atoms with Crippen molar-refractivity contribution in [3.63, 3.8) is 0 Å². The Balaban J connectivity index is 2.99. The molecule has 0 aliphatic carbocycles. The molecule has 0 bridgehead atoms. The summed E-state index contributed by atoms with van der Waals surface area (Å²) in [5.41, 5.74) is 0.957. The van der Waals surface area contributed by atoms with Crippen molar-refractivity contribution in [1.82, 2.24) is 4.57 Å². The van der Waals surface area contributed by atoms with E-state index < -0.39 is 0 Å². The molecule has 3 nitrogen and oxygen atoms in total. The first-order chi connectivity index (χ1) is 6.24. The summed E-state index contributed by atoms with van der Waals surface area (Å²) in [5, 5.41) is 10.1. The van der Waals surface area contributed by atoms with E-state index in [1.165, 1.54) is 0 Å². The predicted octanol–water partition coefficient (Wildman–Crippen LogP) is 2.03. The Morgan fingerprint density at radius 3 is 3.08 bits per heavy atom. The molecule has 0 N–H and O–H groups in total. The molecule has 13 heavy (non-hydrogen) atoms. The van der Waals surface area contributed by atoms with E-state index in [0.717, 1.165) is 17.1 Å². The summed E-state index contributed by atoms with van der Waals surface area (Å²) in [6.07, 6.45) is 3.82. The van der Waals surface area contributed by atoms with E-state index in [-0.39, 0.29) is 0 Å². The minimum atomic E-state index is 0.778. The van der Waals surface area contributed by atoms with Gasteiger partial charge in [-0.2, -0.15) is 5.10 Å². The van der Waals surface area contributed by atoms with Crippen molar-refractivity contribution in [2.45, 2.75) is 20.4 Å². The first kappa shape index (κ1) is 9.92. The molecule has 0 fully saturated rings. The second-order valence-corrected chi connectivity index (χ2v) is 3.65. The van der Waals surface area contributed by atoms with Gasteiger partial charge in [0.05, 0.1) is 0 Å². The molecule has 1 heterocycles. The lowest BCUT2D eigenvalue weighted by molar-refractivity contribution is 0.780. The minimum Gasteiger partial charge on any atom is -0.318 e. The molecule has 1 aromatic rings. The van der Waals surface area contributed by atoms with Crippen LogP contribution >= 0.6 is 11.3 Å². The number of nitrogens with zero attached hydrogens (tertiary/aromatic N) is 3. The second-order valence-electron chi connectivity index (χ2n) is 2.77. The topological polar surface area (TPSA) is 29.6 Å². The van der Waals surface area contributed by atoms with Gasteiger partial charge in [-0.05, 0) is 13.8 Å². The van der Waals surface area contributed by atoms with Crippen LogP contribution in [0.2, 0.25) is 0 Å². The maximum absolute atomic E-state index is 4.11. The van der Waals surface area contributed by atoms with Crippen LogP contribution in [0, 0.1) is 0 Å². The Morgan fingerprint density at radius 2 is 2.46 bits per heavy atom. The number of hydrogen-bond donors (Lipinski definition) is 0. The number of aromatic nitrogens is 1. The summed E-state index contributed by atoms with van der Waals surface area (Å²) in [6, 6.07) is 0. The number of allylic oxidation sites excluding steroid dienone is 1. The normalized spacial score (nSPS) is 11.4. The number of rotatable bonds is 3. The third-order valence-electron chi connectivity index (χ3n) is 1.32. The van der Waals surface area contributed by atoms with Gasteiger partial charge >= 0.3 is 0 Å². The first-order valence-corrected chi connectivity index (χ1v) is 4.91. The van der Waals surface area contributed by atoms with Gasteiger partial charge in [0.15, 0.2) is 0 Å². The van der Waals surface area contributed by atoms with Crippen LogP contribution in [-0.2, 0) is 6.54 Å². The molecule has 1 aromatic heterocycles. The molecule has 1 rings (SSSR count). The van der Waals surface area contributed by atoms with Gasteiger partial charge in [-0.1, -0.05) is 6.08 Å². The van der Waals surface area contributed by atoms with E-state index >= 15 is 0 Å². The average Bonchev–Trinajstić information content (AvgIpc) is 2.49. The van der Waals surface area contributed by atoms with Crippen molar-refractivity contribution < 1.29 is 0 Å². The minimum absolute atomic E-state index is 0.778. The van der Waals surface area contributed by atoms with E-state index in [0.29, 0.717) is 0 Å². The third-order valence-corrected chi connectivity index (χ3v) is 2.11. The molecular formula is C9H13N3S. The van der Waals surface area contributed by atoms with Gasteiger partial charge in [0, 0.05) is 23.8 Å². The van der Waals surface area contributed by atoms with E-state index in [1.807, 2.05) is 36.1 Å². The predicted molar refractivity (Wildman–Crippen MR) is 56.9 cm³/mol. The van der Waals surface area contributed by atoms with E-state index in [4.69, 9.17) is 0 Å². The van der Waals surface area contributed by atoms with Crippen molar-refractivity contribution in [3.05, 3.63) is 29.0 Å². The molecule has 0 amide bonds. The lowest BCUT2D eigenvalue weighted by atomic mass is 10.5. The fraction of sp³-hybridized carbons (Fsp3) is 0.333. The van der Waals surface area contributed by atoms with Gasteiger partial charge in [0.1, 0.15) is 0 Å². The van der Waals surface area contributed by atoms with Gasteiger partial charge in [-0.3, -0.25) is 0 Å². The van der Waals surface area contributed by atoms with Gasteiger partial charge < -0.3 is 4.57 Å². The van der Waals surface area contributed by atoms with Crippen molar-refractivity contribution in [2.24, 2.45) is 10.2 Å². The Bertz CT molecular complexity index is 366. The Morgan fingerprint density at radius 1 is 1.69 bits per heavy atom. The molecule has 4 heteroatoms. The van der Waals surface area contributed by atoms with E-state index in [1.54, 1.807) is 11.3 Å². The third kappa shape index (κ3) is 2.99. The maximum Gasteiger partial charge on any atom is 0.210 e. The van der Waals surface area contributed by atoms with Crippen LogP contribution in [0.5, 0.6) is 0 Å². The average molecular weight is 195 g/mol. The molecule has 0 saturated carbocycles. The summed E-state index contributed by atoms with van der Waals surface area (Å²) < 4.78 is 2.00. The monoisotopic (exact) mass is 195 g/mol. The lowest BCUT2D eigenvalue weighted by Gasteiger charge is -1.93. The van der Waals surface area contributed by atoms with Crippen LogP contribution in [0.25, 0.3) is 0 Å². The largest absolute Gasteiger partial charge is 0.318 e. The zero-order chi connectivity index (χ0) is 9.68. The molecule has 0 saturated heterocycles. The van der Waals surface area contributed by atoms with Crippen LogP contribution < -0.4 is 4.80 Å². The quantitative estimate of drug-likeness (QED) is 0.401. The van der Waals surface area contributed by atoms with Gasteiger partial charge in [0.2, 0.25) is 4.80 Å². The van der Waals surface area contributed by atoms with Crippen LogP contribution in [0.15, 0.2) is 34.4 Å². The highest BCUT2D eigenvalue weighted by atomic mass is 32.1. The molecule has 0 unspecified atom stereocenters. The molecule has 70 valence electrons. The Hall–Kier alpha value is -1.16. The van der Waals surface area contributed by atoms with Gasteiger partial charge in [-0.15, -0.1) is 23.0 Å². The molecule has 0 aliphatic heterocycles. The van der Waals surface area contributed by atoms with E-state index in [2.05, 4.69) is 16.8 Å². The fourth-order valence-corrected chi connectivity index (χ4v) is 1.49. The summed E-state index contributed by atoms with van der Waals surface area (Å²) >= 11 is 1.57. The van der Waals surface area contributed by atoms with Crippen molar-refractivity contribution >= 4 is 17.0 Å². The zero-order valence-corrected chi connectivity index (χ0v) is 8.71. The molecule has 0 aliphatic rings. The standard InChI is InChI=1S/C9H13N3S/c1-4-5-12-6-7-13-9(12)11-10-8(2)3/h4,6-7H,1,5H2,2-3H3/b11-9-. The molecule has 0 spiro atoms. The first-order valence-electron chi connectivity index (χ1n) is 4.03. The molecular weight excluding hydrogens is 182 g/mol. The molecule has 0 atom stereocenters. The summed E-state index contributed by atoms with van der Waals surface area (Å²) in [5.74, 6) is 0. The van der Waals surface area contributed by atoms with Crippen LogP contribution in [-0.4, -0.2) is 10.3 Å². The summed E-state index contributed by atoms with van der Waals surface area (Å²) in [7, 11) is 0. The van der Waals surface area contributed by atoms with Crippen molar-refractivity contribution in [1.29, 1.82) is 0 Å². The molecule has 0 aromatic carbocycles. The second kappa shape index (κ2) is 4.77. The number of hydrogen-bond acceptors (Lipinski definition) is 3. The number of thiazole rings is 1. The van der Waals surface area contributed by atoms with Gasteiger partial charge in [0.25, 0.3) is 0 Å². The summed E-state index contributed by atoms with van der Waals surface area (Å²) in [4.78, 5) is 0.904. The highest BCUT2D eigenvalue weighted by molar-refractivity contribution is 7.07.